The van der Waals surface area contributed by atoms with Crippen LogP contribution >= 0.6 is 11.3 Å². The number of halogens is 1. The monoisotopic (exact) mass is 330 g/mol. The van der Waals surface area contributed by atoms with Crippen molar-refractivity contribution in [3.63, 3.8) is 0 Å². The number of anilines is 1. The van der Waals surface area contributed by atoms with Gasteiger partial charge in [0.1, 0.15) is 5.82 Å². The van der Waals surface area contributed by atoms with Gasteiger partial charge in [-0.25, -0.2) is 9.37 Å². The zero-order valence-electron chi connectivity index (χ0n) is 11.8. The molecule has 7 heteroatoms. The van der Waals surface area contributed by atoms with Crippen LogP contribution in [0.2, 0.25) is 0 Å². The van der Waals surface area contributed by atoms with E-state index < -0.39 is 0 Å². The van der Waals surface area contributed by atoms with Gasteiger partial charge < -0.3 is 14.8 Å². The molecule has 1 aliphatic heterocycles. The first-order chi connectivity index (χ1) is 11.2. The van der Waals surface area contributed by atoms with Gasteiger partial charge in [-0.3, -0.25) is 4.79 Å². The average Bonchev–Trinajstić information content (AvgIpc) is 3.11. The fraction of sp³-hybridized carbons (Fsp3) is 0.125. The summed E-state index contributed by atoms with van der Waals surface area (Å²) in [4.78, 5) is 16.4. The van der Waals surface area contributed by atoms with Crippen LogP contribution in [0.3, 0.4) is 0 Å². The van der Waals surface area contributed by atoms with Gasteiger partial charge in [0, 0.05) is 0 Å². The summed E-state index contributed by atoms with van der Waals surface area (Å²) in [5.74, 6) is 0.816. The van der Waals surface area contributed by atoms with Crippen molar-refractivity contribution in [2.24, 2.45) is 0 Å². The van der Waals surface area contributed by atoms with Gasteiger partial charge in [-0.05, 0) is 35.9 Å². The Bertz CT molecular complexity index is 909. The van der Waals surface area contributed by atoms with Crippen LogP contribution < -0.4 is 14.8 Å². The molecule has 0 saturated heterocycles. The Morgan fingerprint density at radius 2 is 2.09 bits per heavy atom. The van der Waals surface area contributed by atoms with Crippen molar-refractivity contribution in [1.29, 1.82) is 0 Å². The van der Waals surface area contributed by atoms with Gasteiger partial charge in [-0.15, -0.1) is 0 Å². The number of carbonyl (C=O) groups is 1. The van der Waals surface area contributed by atoms with Gasteiger partial charge in [0.25, 0.3) is 0 Å². The van der Waals surface area contributed by atoms with Crippen molar-refractivity contribution in [2.45, 2.75) is 6.42 Å². The van der Waals surface area contributed by atoms with Crippen molar-refractivity contribution in [1.82, 2.24) is 4.98 Å². The summed E-state index contributed by atoms with van der Waals surface area (Å²) >= 11 is 1.24. The van der Waals surface area contributed by atoms with Crippen LogP contribution in [-0.4, -0.2) is 17.7 Å². The van der Waals surface area contributed by atoms with E-state index in [4.69, 9.17) is 9.47 Å². The number of fused-ring (bicyclic) bond motifs is 2. The molecule has 4 rings (SSSR count). The normalized spacial score (nSPS) is 12.6. The van der Waals surface area contributed by atoms with Crippen LogP contribution in [0, 0.1) is 5.82 Å². The van der Waals surface area contributed by atoms with E-state index in [1.807, 2.05) is 6.07 Å². The quantitative estimate of drug-likeness (QED) is 0.800. The molecule has 0 atom stereocenters. The maximum atomic E-state index is 13.2. The molecule has 3 aromatic rings. The Morgan fingerprint density at radius 1 is 1.22 bits per heavy atom. The standard InChI is InChI=1S/C16H11FN2O3S/c17-10-2-3-11-14(7-10)23-16(18-11)19-15(20)6-9-1-4-12-13(5-9)22-8-21-12/h1-5,7H,6,8H2,(H,18,19,20). The Morgan fingerprint density at radius 3 is 3.00 bits per heavy atom. The third-order valence-corrected chi connectivity index (χ3v) is 4.33. The van der Waals surface area contributed by atoms with E-state index in [1.54, 1.807) is 18.2 Å². The summed E-state index contributed by atoms with van der Waals surface area (Å²) in [7, 11) is 0. The second kappa shape index (κ2) is 5.51. The van der Waals surface area contributed by atoms with Crippen molar-refractivity contribution < 1.29 is 18.7 Å². The number of ether oxygens (including phenoxy) is 2. The van der Waals surface area contributed by atoms with E-state index in [0.717, 1.165) is 5.56 Å². The molecule has 1 amide bonds. The molecule has 5 nitrogen and oxygen atoms in total. The molecule has 0 saturated carbocycles. The predicted molar refractivity (Wildman–Crippen MR) is 84.5 cm³/mol. The summed E-state index contributed by atoms with van der Waals surface area (Å²) in [6.07, 6.45) is 0.195. The Balaban J connectivity index is 1.48. The lowest BCUT2D eigenvalue weighted by Gasteiger charge is -2.03. The minimum atomic E-state index is -0.320. The van der Waals surface area contributed by atoms with E-state index >= 15 is 0 Å². The molecule has 1 aromatic heterocycles. The summed E-state index contributed by atoms with van der Waals surface area (Å²) in [6, 6.07) is 9.73. The highest BCUT2D eigenvalue weighted by molar-refractivity contribution is 7.22. The van der Waals surface area contributed by atoms with E-state index in [9.17, 15) is 9.18 Å². The van der Waals surface area contributed by atoms with E-state index in [-0.39, 0.29) is 24.9 Å². The molecule has 0 fully saturated rings. The minimum Gasteiger partial charge on any atom is -0.454 e. The number of benzene rings is 2. The van der Waals surface area contributed by atoms with Gasteiger partial charge in [0.2, 0.25) is 12.7 Å². The molecule has 1 aliphatic rings. The first-order valence-electron chi connectivity index (χ1n) is 6.92. The number of rotatable bonds is 3. The number of thiazole rings is 1. The fourth-order valence-electron chi connectivity index (χ4n) is 2.35. The topological polar surface area (TPSA) is 60.5 Å². The van der Waals surface area contributed by atoms with Crippen LogP contribution in [0.15, 0.2) is 36.4 Å². The molecule has 2 heterocycles. The molecule has 23 heavy (non-hydrogen) atoms. The first-order valence-corrected chi connectivity index (χ1v) is 7.73. The first kappa shape index (κ1) is 14.0. The van der Waals surface area contributed by atoms with Gasteiger partial charge in [0.15, 0.2) is 16.6 Å². The SMILES string of the molecule is O=C(Cc1ccc2c(c1)OCO2)Nc1nc2ccc(F)cc2s1. The second-order valence-corrected chi connectivity index (χ2v) is 6.07. The second-order valence-electron chi connectivity index (χ2n) is 5.04. The van der Waals surface area contributed by atoms with Crippen molar-refractivity contribution in [3.8, 4) is 11.5 Å². The Labute approximate surface area is 134 Å². The zero-order valence-corrected chi connectivity index (χ0v) is 12.7. The number of carbonyl (C=O) groups excluding carboxylic acids is 1. The molecular weight excluding hydrogens is 319 g/mol. The van der Waals surface area contributed by atoms with E-state index in [2.05, 4.69) is 10.3 Å². The molecular formula is C16H11FN2O3S. The predicted octanol–water partition coefficient (Wildman–Crippen LogP) is 3.35. The molecule has 2 aromatic carbocycles. The lowest BCUT2D eigenvalue weighted by molar-refractivity contribution is -0.115. The van der Waals surface area contributed by atoms with Gasteiger partial charge in [-0.1, -0.05) is 17.4 Å². The molecule has 0 spiro atoms. The highest BCUT2D eigenvalue weighted by atomic mass is 32.1. The van der Waals surface area contributed by atoms with Gasteiger partial charge >= 0.3 is 0 Å². The molecule has 0 radical (unpaired) electrons. The molecule has 0 aliphatic carbocycles. The third kappa shape index (κ3) is 2.83. The van der Waals surface area contributed by atoms with Crippen LogP contribution in [0.4, 0.5) is 9.52 Å². The van der Waals surface area contributed by atoms with Crippen molar-refractivity contribution in [2.75, 3.05) is 12.1 Å². The molecule has 1 N–H and O–H groups in total. The maximum Gasteiger partial charge on any atom is 0.231 e. The summed E-state index contributed by atoms with van der Waals surface area (Å²) < 4.78 is 24.4. The number of nitrogens with one attached hydrogen (secondary N) is 1. The highest BCUT2D eigenvalue weighted by Gasteiger charge is 2.15. The largest absolute Gasteiger partial charge is 0.454 e. The minimum absolute atomic E-state index is 0.191. The highest BCUT2D eigenvalue weighted by Crippen LogP contribution is 2.32. The van der Waals surface area contributed by atoms with E-state index in [0.29, 0.717) is 26.8 Å². The van der Waals surface area contributed by atoms with E-state index in [1.165, 1.54) is 23.5 Å². The van der Waals surface area contributed by atoms with Gasteiger partial charge in [-0.2, -0.15) is 0 Å². The fourth-order valence-corrected chi connectivity index (χ4v) is 3.26. The van der Waals surface area contributed by atoms with Crippen molar-refractivity contribution >= 4 is 32.6 Å². The molecule has 0 bridgehead atoms. The van der Waals surface area contributed by atoms with Gasteiger partial charge in [0.05, 0.1) is 16.6 Å². The van der Waals surface area contributed by atoms with Crippen LogP contribution in [-0.2, 0) is 11.2 Å². The van der Waals surface area contributed by atoms with Crippen LogP contribution in [0.5, 0.6) is 11.5 Å². The van der Waals surface area contributed by atoms with Crippen molar-refractivity contribution in [3.05, 3.63) is 47.8 Å². The maximum absolute atomic E-state index is 13.2. The number of aromatic nitrogens is 1. The van der Waals surface area contributed by atoms with Crippen LogP contribution in [0.25, 0.3) is 10.2 Å². The smallest absolute Gasteiger partial charge is 0.231 e. The third-order valence-electron chi connectivity index (χ3n) is 3.40. The Hall–Kier alpha value is -2.67. The summed E-state index contributed by atoms with van der Waals surface area (Å²) in [6.45, 7) is 0.202. The summed E-state index contributed by atoms with van der Waals surface area (Å²) in [5, 5.41) is 3.20. The zero-order chi connectivity index (χ0) is 15.8. The van der Waals surface area contributed by atoms with Crippen LogP contribution in [0.1, 0.15) is 5.56 Å². The number of nitrogens with zero attached hydrogens (tertiary/aromatic N) is 1. The summed E-state index contributed by atoms with van der Waals surface area (Å²) in [5.41, 5.74) is 1.48. The number of amides is 1. The number of hydrogen-bond acceptors (Lipinski definition) is 5. The molecule has 116 valence electrons. The lowest BCUT2D eigenvalue weighted by Crippen LogP contribution is -2.14. The average molecular weight is 330 g/mol. The lowest BCUT2D eigenvalue weighted by atomic mass is 10.1. The number of hydrogen-bond donors (Lipinski definition) is 1. The molecule has 0 unspecified atom stereocenters. The Kier molecular flexibility index (Phi) is 3.34.